The summed E-state index contributed by atoms with van der Waals surface area (Å²) in [5, 5.41) is 59.7. The molecule has 21 nitrogen and oxygen atoms in total. The van der Waals surface area contributed by atoms with E-state index in [1.54, 1.807) is 43.8 Å². The van der Waals surface area contributed by atoms with Gasteiger partial charge in [0.2, 0.25) is 5.82 Å². The van der Waals surface area contributed by atoms with Crippen LogP contribution in [-0.4, -0.2) is 87.2 Å². The van der Waals surface area contributed by atoms with Gasteiger partial charge in [0, 0.05) is 37.1 Å². The average Bonchev–Trinajstić information content (AvgIpc) is 1.68. The third-order valence-corrected chi connectivity index (χ3v) is 16.0. The van der Waals surface area contributed by atoms with Crippen molar-refractivity contribution in [1.82, 2.24) is 59.9 Å². The number of rotatable bonds is 22. The second kappa shape index (κ2) is 27.2. The lowest BCUT2D eigenvalue weighted by Gasteiger charge is -2.36. The second-order valence-corrected chi connectivity index (χ2v) is 23.5. The molecule has 12 aromatic rings. The van der Waals surface area contributed by atoms with E-state index in [2.05, 4.69) is 73.3 Å². The van der Waals surface area contributed by atoms with Gasteiger partial charge in [0.15, 0.2) is 35.3 Å². The van der Waals surface area contributed by atoms with Crippen LogP contribution in [0.5, 0.6) is 0 Å². The average molecular weight is 1250 g/mol. The van der Waals surface area contributed by atoms with Gasteiger partial charge in [-0.05, 0) is 113 Å². The van der Waals surface area contributed by atoms with E-state index >= 15 is 0 Å². The van der Waals surface area contributed by atoms with Gasteiger partial charge in [-0.2, -0.15) is 5.21 Å². The number of hydrogen-bond acceptors (Lipinski definition) is 16. The van der Waals surface area contributed by atoms with Gasteiger partial charge >= 0.3 is 17.8 Å². The van der Waals surface area contributed by atoms with Crippen molar-refractivity contribution in [1.29, 1.82) is 0 Å². The molecule has 0 aliphatic heterocycles. The normalized spacial score (nSPS) is 11.8. The standard InChI is InChI=1S/C48H44N6O6.C24H26N6O3/c1-5-17-41-49-43(47(3,4)57)42(45(55)58-31-40-32(2)59-46(56)60-40)53(41)30-33-26-28-34(29-27-33)38-24-15-16-25-39(38)44-50-51-52-54(44)48(35-18-9-6-10-19-35,36-20-11-7-12-21-36)37-22-13-8-14-23-37;1-4-7-19-25-21(24(2,3)33)20(23(31)32)30(19)14-15-10-12-16(13-11-15)17-8-5-6-9-18(17)22-26-28-29-27-22/h6-16,18-29,57H,5,17,30-31H2,1-4H3;5-6,8-13,33H,4,7,14H2,1-3H3,(H,31,32)(H,26,27,28,29). The third kappa shape index (κ3) is 13.3. The van der Waals surface area contributed by atoms with Gasteiger partial charge in [0.05, 0.1) is 0 Å². The first kappa shape index (κ1) is 63.5. The number of H-pyrrole nitrogens is 1. The third-order valence-electron chi connectivity index (χ3n) is 16.0. The lowest BCUT2D eigenvalue weighted by Crippen LogP contribution is -2.39. The lowest BCUT2D eigenvalue weighted by molar-refractivity contribution is 0.0395. The Bertz CT molecular complexity index is 4480. The van der Waals surface area contributed by atoms with Crippen LogP contribution in [0.1, 0.15) is 138 Å². The van der Waals surface area contributed by atoms with Crippen molar-refractivity contribution in [2.75, 3.05) is 0 Å². The minimum absolute atomic E-state index is 0.0254. The Hall–Kier alpha value is -11.0. The number of hydrogen-bond donors (Lipinski definition) is 4. The van der Waals surface area contributed by atoms with Crippen LogP contribution in [0.25, 0.3) is 45.0 Å². The first-order valence-electron chi connectivity index (χ1n) is 30.6. The predicted molar refractivity (Wildman–Crippen MR) is 348 cm³/mol. The number of esters is 1. The molecule has 0 bridgehead atoms. The van der Waals surface area contributed by atoms with E-state index in [0.717, 1.165) is 74.0 Å². The molecular formula is C72H70N12O9. The summed E-state index contributed by atoms with van der Waals surface area (Å²) in [5.41, 5.74) is 7.11. The molecule has 21 heteroatoms. The number of aromatic amines is 1. The van der Waals surface area contributed by atoms with Gasteiger partial charge in [-0.3, -0.25) is 0 Å². The van der Waals surface area contributed by atoms with Crippen molar-refractivity contribution in [2.24, 2.45) is 0 Å². The molecule has 0 spiro atoms. The quantitative estimate of drug-likeness (QED) is 0.0362. The molecule has 0 amide bonds. The highest BCUT2D eigenvalue weighted by atomic mass is 16.6. The van der Waals surface area contributed by atoms with Crippen LogP contribution in [0.2, 0.25) is 0 Å². The Balaban J connectivity index is 0.000000226. The summed E-state index contributed by atoms with van der Waals surface area (Å²) in [5.74, 6) is 0.00862. The number of aromatic nitrogens is 12. The number of ether oxygens (including phenoxy) is 1. The fourth-order valence-electron chi connectivity index (χ4n) is 11.7. The topological polar surface area (TPSA) is 281 Å². The number of nitrogens with zero attached hydrogens (tertiary/aromatic N) is 11. The van der Waals surface area contributed by atoms with Gasteiger partial charge in [0.1, 0.15) is 39.8 Å². The van der Waals surface area contributed by atoms with Crippen LogP contribution in [0.15, 0.2) is 202 Å². The number of carbonyl (C=O) groups is 2. The van der Waals surface area contributed by atoms with Crippen molar-refractivity contribution >= 4 is 11.9 Å². The maximum atomic E-state index is 13.8. The van der Waals surface area contributed by atoms with E-state index in [1.165, 1.54) is 0 Å². The maximum absolute atomic E-state index is 13.8. The number of carbonyl (C=O) groups excluding carboxylic acids is 1. The largest absolute Gasteiger partial charge is 0.519 e. The first-order valence-corrected chi connectivity index (χ1v) is 30.6. The minimum atomic E-state index is -1.46. The molecule has 0 radical (unpaired) electrons. The molecule has 0 fully saturated rings. The molecule has 0 saturated carbocycles. The molecule has 7 aromatic carbocycles. The number of carboxylic acid groups (broad SMARTS) is 1. The van der Waals surface area contributed by atoms with Gasteiger partial charge < -0.3 is 38.0 Å². The highest BCUT2D eigenvalue weighted by Gasteiger charge is 2.42. The van der Waals surface area contributed by atoms with Crippen LogP contribution in [0.3, 0.4) is 0 Å². The van der Waals surface area contributed by atoms with Crippen molar-refractivity contribution in [3.63, 3.8) is 0 Å². The number of aromatic carboxylic acids is 1. The molecule has 4 N–H and O–H groups in total. The van der Waals surface area contributed by atoms with Crippen molar-refractivity contribution < 1.29 is 38.5 Å². The summed E-state index contributed by atoms with van der Waals surface area (Å²) in [7, 11) is 0. The summed E-state index contributed by atoms with van der Waals surface area (Å²) in [6, 6.07) is 62.7. The van der Waals surface area contributed by atoms with Crippen LogP contribution in [0, 0.1) is 6.92 Å². The van der Waals surface area contributed by atoms with Crippen molar-refractivity contribution in [2.45, 2.75) is 111 Å². The Morgan fingerprint density at radius 1 is 0.570 bits per heavy atom. The number of carboxylic acids is 1. The molecule has 5 aromatic heterocycles. The van der Waals surface area contributed by atoms with Crippen LogP contribution in [0.4, 0.5) is 0 Å². The fraction of sp³-hybridized carbons (Fsp3) is 0.236. The maximum Gasteiger partial charge on any atom is 0.519 e. The van der Waals surface area contributed by atoms with Gasteiger partial charge in [0.25, 0.3) is 0 Å². The van der Waals surface area contributed by atoms with Crippen LogP contribution < -0.4 is 5.82 Å². The zero-order valence-corrected chi connectivity index (χ0v) is 52.6. The van der Waals surface area contributed by atoms with E-state index < -0.39 is 34.5 Å². The first-order chi connectivity index (χ1) is 44.9. The second-order valence-electron chi connectivity index (χ2n) is 23.5. The van der Waals surface area contributed by atoms with Crippen LogP contribution in [-0.2, 0) is 54.0 Å². The van der Waals surface area contributed by atoms with Gasteiger partial charge in [-0.15, -0.1) is 15.3 Å². The summed E-state index contributed by atoms with van der Waals surface area (Å²) in [6.07, 6.45) is 2.74. The van der Waals surface area contributed by atoms with Gasteiger partial charge in [-0.25, -0.2) is 29.0 Å². The molecule has 0 aliphatic carbocycles. The molecule has 12 rings (SSSR count). The van der Waals surface area contributed by atoms with Crippen molar-refractivity contribution in [3.05, 3.63) is 272 Å². The van der Waals surface area contributed by atoms with E-state index in [1.807, 2.05) is 164 Å². The summed E-state index contributed by atoms with van der Waals surface area (Å²) in [4.78, 5) is 46.8. The van der Waals surface area contributed by atoms with Crippen molar-refractivity contribution in [3.8, 4) is 45.0 Å². The Kier molecular flexibility index (Phi) is 18.6. The lowest BCUT2D eigenvalue weighted by atomic mass is 9.77. The smallest absolute Gasteiger partial charge is 0.477 e. The number of nitrogens with one attached hydrogen (secondary N) is 1. The highest BCUT2D eigenvalue weighted by Crippen LogP contribution is 2.44. The van der Waals surface area contributed by atoms with Gasteiger partial charge in [-0.1, -0.05) is 202 Å². The summed E-state index contributed by atoms with van der Waals surface area (Å²) >= 11 is 0. The number of aryl methyl sites for hydroxylation is 3. The monoisotopic (exact) mass is 1250 g/mol. The zero-order valence-electron chi connectivity index (χ0n) is 52.6. The molecule has 0 saturated heterocycles. The molecule has 0 atom stereocenters. The number of aliphatic hydroxyl groups is 2. The number of benzene rings is 7. The zero-order chi connectivity index (χ0) is 65.4. The number of imidazole rings is 2. The molecule has 5 heterocycles. The number of tetrazole rings is 2. The van der Waals surface area contributed by atoms with E-state index in [-0.39, 0.29) is 47.4 Å². The SMILES string of the molecule is CCCc1nc(C(C)(C)O)c(C(=O)O)n1Cc1ccc(-c2ccccc2-c2nn[nH]n2)cc1.CCCc1nc(C(C)(C)O)c(C(=O)OCc2oc(=O)oc2C)n1Cc1ccc(-c2ccccc2-c2nnnn2C(c2ccccc2)(c2ccccc2)c2ccccc2)cc1. The van der Waals surface area contributed by atoms with Crippen LogP contribution >= 0.6 is 0 Å². The fourth-order valence-corrected chi connectivity index (χ4v) is 11.7. The predicted octanol–water partition coefficient (Wildman–Crippen LogP) is 12.1. The van der Waals surface area contributed by atoms with E-state index in [4.69, 9.17) is 28.9 Å². The highest BCUT2D eigenvalue weighted by molar-refractivity contribution is 5.90. The molecule has 0 unspecified atom stereocenters. The minimum Gasteiger partial charge on any atom is -0.477 e. The Labute approximate surface area is 536 Å². The molecule has 93 heavy (non-hydrogen) atoms. The molecule has 472 valence electrons. The summed E-state index contributed by atoms with van der Waals surface area (Å²) < 4.78 is 21.0. The Morgan fingerprint density at radius 2 is 1.02 bits per heavy atom. The molecule has 0 aliphatic rings. The summed E-state index contributed by atoms with van der Waals surface area (Å²) in [6.45, 7) is 12.2. The van der Waals surface area contributed by atoms with E-state index in [9.17, 15) is 29.7 Å². The van der Waals surface area contributed by atoms with E-state index in [0.29, 0.717) is 42.7 Å². The molecular weight excluding hydrogens is 1180 g/mol. The Morgan fingerprint density at radius 3 is 1.46 bits per heavy atom.